The summed E-state index contributed by atoms with van der Waals surface area (Å²) in [5.74, 6) is 0.550. The van der Waals surface area contributed by atoms with Gasteiger partial charge in [-0.15, -0.1) is 11.3 Å². The number of thiazole rings is 1. The van der Waals surface area contributed by atoms with Gasteiger partial charge in [-0.25, -0.2) is 14.4 Å². The van der Waals surface area contributed by atoms with Gasteiger partial charge < -0.3 is 9.84 Å². The number of hydrogen-bond donors (Lipinski definition) is 2. The van der Waals surface area contributed by atoms with Crippen LogP contribution in [0.2, 0.25) is 0 Å². The SMILES string of the molecule is Cc1cc(-c2nc3c(C)cc(OCCNSc4ccc(F)cc4)cc3s2)c2ncc(CO)nc2c1. The summed E-state index contributed by atoms with van der Waals surface area (Å²) >= 11 is 3.04. The molecule has 2 aromatic heterocycles. The summed E-state index contributed by atoms with van der Waals surface area (Å²) in [4.78, 5) is 14.9. The maximum absolute atomic E-state index is 13.0. The Morgan fingerprint density at radius 3 is 2.69 bits per heavy atom. The Morgan fingerprint density at radius 2 is 1.89 bits per heavy atom. The van der Waals surface area contributed by atoms with Gasteiger partial charge in [0.2, 0.25) is 0 Å². The second-order valence-corrected chi connectivity index (χ2v) is 10.1. The third-order valence-corrected chi connectivity index (χ3v) is 7.26. The normalized spacial score (nSPS) is 11.4. The van der Waals surface area contributed by atoms with Gasteiger partial charge in [-0.3, -0.25) is 9.71 Å². The molecule has 3 aromatic carbocycles. The smallest absolute Gasteiger partial charge is 0.126 e. The first-order valence-electron chi connectivity index (χ1n) is 11.1. The summed E-state index contributed by atoms with van der Waals surface area (Å²) in [6, 6.07) is 14.4. The molecule has 0 aliphatic carbocycles. The van der Waals surface area contributed by atoms with Gasteiger partial charge >= 0.3 is 0 Å². The van der Waals surface area contributed by atoms with Crippen LogP contribution in [0, 0.1) is 19.7 Å². The van der Waals surface area contributed by atoms with Crippen LogP contribution in [-0.4, -0.2) is 33.2 Å². The molecule has 0 fully saturated rings. The Kier molecular flexibility index (Phi) is 6.92. The minimum Gasteiger partial charge on any atom is -0.492 e. The second-order valence-electron chi connectivity index (χ2n) is 8.10. The van der Waals surface area contributed by atoms with Crippen LogP contribution in [0.25, 0.3) is 31.8 Å². The molecule has 0 bridgehead atoms. The van der Waals surface area contributed by atoms with Gasteiger partial charge in [-0.1, -0.05) is 0 Å². The van der Waals surface area contributed by atoms with E-state index in [1.807, 2.05) is 32.0 Å². The van der Waals surface area contributed by atoms with Crippen molar-refractivity contribution in [2.24, 2.45) is 0 Å². The Labute approximate surface area is 210 Å². The van der Waals surface area contributed by atoms with Crippen LogP contribution < -0.4 is 9.46 Å². The van der Waals surface area contributed by atoms with E-state index in [4.69, 9.17) is 9.72 Å². The quantitative estimate of drug-likeness (QED) is 0.202. The van der Waals surface area contributed by atoms with Crippen molar-refractivity contribution in [3.8, 4) is 16.3 Å². The van der Waals surface area contributed by atoms with Crippen molar-refractivity contribution in [3.05, 3.63) is 77.4 Å². The van der Waals surface area contributed by atoms with E-state index in [2.05, 4.69) is 20.8 Å². The molecule has 9 heteroatoms. The Hall–Kier alpha value is -3.11. The first kappa shape index (κ1) is 23.6. The van der Waals surface area contributed by atoms with Crippen LogP contribution in [0.5, 0.6) is 5.75 Å². The number of benzene rings is 3. The summed E-state index contributed by atoms with van der Waals surface area (Å²) in [5.41, 5.74) is 6.03. The molecule has 5 aromatic rings. The number of nitrogens with zero attached hydrogens (tertiary/aromatic N) is 3. The van der Waals surface area contributed by atoms with Crippen LogP contribution in [0.15, 0.2) is 59.6 Å². The number of rotatable bonds is 8. The highest BCUT2D eigenvalue weighted by Crippen LogP contribution is 2.37. The van der Waals surface area contributed by atoms with Crippen LogP contribution in [0.1, 0.15) is 16.8 Å². The fraction of sp³-hybridized carbons (Fsp3) is 0.192. The molecule has 35 heavy (non-hydrogen) atoms. The zero-order chi connectivity index (χ0) is 24.4. The van der Waals surface area contributed by atoms with Gasteiger partial charge in [-0.2, -0.15) is 0 Å². The summed E-state index contributed by atoms with van der Waals surface area (Å²) in [6.07, 6.45) is 1.61. The van der Waals surface area contributed by atoms with E-state index in [0.29, 0.717) is 18.8 Å². The number of aryl methyl sites for hydroxylation is 2. The molecule has 0 saturated carbocycles. The lowest BCUT2D eigenvalue weighted by Gasteiger charge is -2.08. The van der Waals surface area contributed by atoms with Gasteiger partial charge in [0.05, 0.1) is 39.7 Å². The van der Waals surface area contributed by atoms with Crippen LogP contribution in [0.3, 0.4) is 0 Å². The second kappa shape index (κ2) is 10.2. The van der Waals surface area contributed by atoms with Crippen molar-refractivity contribution < 1.29 is 14.2 Å². The number of hydrogen-bond acceptors (Lipinski definition) is 8. The van der Waals surface area contributed by atoms with Crippen LogP contribution >= 0.6 is 23.3 Å². The lowest BCUT2D eigenvalue weighted by atomic mass is 10.1. The molecular formula is C26H23FN4O2S2. The number of ether oxygens (including phenoxy) is 1. The number of aromatic nitrogens is 3. The van der Waals surface area contributed by atoms with Gasteiger partial charge in [0, 0.05) is 17.0 Å². The molecule has 6 nitrogen and oxygen atoms in total. The van der Waals surface area contributed by atoms with Crippen molar-refractivity contribution in [3.63, 3.8) is 0 Å². The lowest BCUT2D eigenvalue weighted by Crippen LogP contribution is -2.14. The van der Waals surface area contributed by atoms with E-state index in [0.717, 1.165) is 53.6 Å². The van der Waals surface area contributed by atoms with Crippen molar-refractivity contribution in [1.29, 1.82) is 0 Å². The Morgan fingerprint density at radius 1 is 1.06 bits per heavy atom. The highest BCUT2D eigenvalue weighted by molar-refractivity contribution is 7.97. The standard InChI is InChI=1S/C26H23FN4O2S2/c1-15-9-21(25-22(10-15)30-18(14-32)13-28-25)26-31-24-16(2)11-19(12-23(24)34-26)33-8-7-29-35-20-5-3-17(27)4-6-20/h3-6,9-13,29,32H,7-8,14H2,1-2H3. The number of aliphatic hydroxyl groups excluding tert-OH is 1. The van der Waals surface area contributed by atoms with E-state index in [-0.39, 0.29) is 12.4 Å². The molecule has 178 valence electrons. The van der Waals surface area contributed by atoms with Gasteiger partial charge in [-0.05, 0) is 85.5 Å². The highest BCUT2D eigenvalue weighted by atomic mass is 32.2. The molecule has 2 N–H and O–H groups in total. The highest BCUT2D eigenvalue weighted by Gasteiger charge is 2.15. The summed E-state index contributed by atoms with van der Waals surface area (Å²) in [6.45, 7) is 5.04. The van der Waals surface area contributed by atoms with Crippen molar-refractivity contribution in [1.82, 2.24) is 19.7 Å². The molecule has 0 spiro atoms. The molecule has 0 amide bonds. The van der Waals surface area contributed by atoms with E-state index in [9.17, 15) is 9.50 Å². The minimum atomic E-state index is -0.242. The van der Waals surface area contributed by atoms with Crippen molar-refractivity contribution in [2.75, 3.05) is 13.2 Å². The topological polar surface area (TPSA) is 80.2 Å². The predicted molar refractivity (Wildman–Crippen MR) is 139 cm³/mol. The number of halogens is 1. The van der Waals surface area contributed by atoms with E-state index in [1.54, 1.807) is 29.7 Å². The molecule has 2 heterocycles. The molecular weight excluding hydrogens is 483 g/mol. The van der Waals surface area contributed by atoms with E-state index in [1.165, 1.54) is 24.1 Å². The van der Waals surface area contributed by atoms with Gasteiger partial charge in [0.1, 0.15) is 23.2 Å². The monoisotopic (exact) mass is 506 g/mol. The van der Waals surface area contributed by atoms with E-state index >= 15 is 0 Å². The molecule has 0 radical (unpaired) electrons. The van der Waals surface area contributed by atoms with Gasteiger partial charge in [0.25, 0.3) is 0 Å². The molecule has 0 aliphatic heterocycles. The Bertz CT molecular complexity index is 1510. The molecule has 0 unspecified atom stereocenters. The first-order chi connectivity index (χ1) is 17.0. The fourth-order valence-corrected chi connectivity index (χ4v) is 5.47. The third-order valence-electron chi connectivity index (χ3n) is 5.37. The average Bonchev–Trinajstić information content (AvgIpc) is 3.29. The number of nitrogens with one attached hydrogen (secondary N) is 1. The minimum absolute atomic E-state index is 0.143. The van der Waals surface area contributed by atoms with Gasteiger partial charge in [0.15, 0.2) is 0 Å². The third kappa shape index (κ3) is 5.28. The Balaban J connectivity index is 1.33. The largest absolute Gasteiger partial charge is 0.492 e. The number of aliphatic hydroxyl groups is 1. The predicted octanol–water partition coefficient (Wildman–Crippen LogP) is 5.83. The zero-order valence-corrected chi connectivity index (χ0v) is 20.8. The number of fused-ring (bicyclic) bond motifs is 2. The summed E-state index contributed by atoms with van der Waals surface area (Å²) < 4.78 is 23.3. The molecule has 5 rings (SSSR count). The van der Waals surface area contributed by atoms with Crippen LogP contribution in [0.4, 0.5) is 4.39 Å². The van der Waals surface area contributed by atoms with Crippen LogP contribution in [-0.2, 0) is 6.61 Å². The average molecular weight is 507 g/mol. The molecule has 0 saturated heterocycles. The van der Waals surface area contributed by atoms with E-state index < -0.39 is 0 Å². The fourth-order valence-electron chi connectivity index (χ4n) is 3.75. The zero-order valence-electron chi connectivity index (χ0n) is 19.2. The summed E-state index contributed by atoms with van der Waals surface area (Å²) in [7, 11) is 0. The lowest BCUT2D eigenvalue weighted by molar-refractivity contribution is 0.277. The molecule has 0 atom stereocenters. The maximum atomic E-state index is 13.0. The maximum Gasteiger partial charge on any atom is 0.126 e. The van der Waals surface area contributed by atoms with Crippen molar-refractivity contribution in [2.45, 2.75) is 25.3 Å². The van der Waals surface area contributed by atoms with Crippen molar-refractivity contribution >= 4 is 44.5 Å². The molecule has 0 aliphatic rings. The first-order valence-corrected chi connectivity index (χ1v) is 12.7. The summed E-state index contributed by atoms with van der Waals surface area (Å²) in [5, 5.41) is 10.3.